The molecule has 3 nitrogen and oxygen atoms in total. The number of benzene rings is 1. The quantitative estimate of drug-likeness (QED) is 0.781. The van der Waals surface area contributed by atoms with Gasteiger partial charge in [-0.3, -0.25) is 0 Å². The molecule has 0 spiro atoms. The largest absolute Gasteiger partial charge is 0.493 e. The highest BCUT2D eigenvalue weighted by Crippen LogP contribution is 2.31. The Balaban J connectivity index is 2.10. The van der Waals surface area contributed by atoms with Gasteiger partial charge in [-0.05, 0) is 57.7 Å². The van der Waals surface area contributed by atoms with Gasteiger partial charge in [-0.2, -0.15) is 0 Å². The molecule has 1 aliphatic heterocycles. The number of fused-ring (bicyclic) bond motifs is 1. The average molecular weight is 248 g/mol. The zero-order valence-corrected chi connectivity index (χ0v) is 11.7. The van der Waals surface area contributed by atoms with Crippen molar-refractivity contribution in [2.24, 2.45) is 0 Å². The van der Waals surface area contributed by atoms with Gasteiger partial charge < -0.3 is 15.0 Å². The van der Waals surface area contributed by atoms with Gasteiger partial charge in [-0.25, -0.2) is 0 Å². The summed E-state index contributed by atoms with van der Waals surface area (Å²) in [4.78, 5) is 2.31. The number of nitrogens with zero attached hydrogens (tertiary/aromatic N) is 1. The third-order valence-corrected chi connectivity index (χ3v) is 3.63. The lowest BCUT2D eigenvalue weighted by Crippen LogP contribution is -2.21. The van der Waals surface area contributed by atoms with Crippen LogP contribution in [0.1, 0.15) is 30.0 Å². The van der Waals surface area contributed by atoms with Crippen molar-refractivity contribution in [2.45, 2.75) is 25.3 Å². The molecule has 1 aliphatic rings. The van der Waals surface area contributed by atoms with Gasteiger partial charge in [-0.1, -0.05) is 12.1 Å². The lowest BCUT2D eigenvalue weighted by atomic mass is 9.98. The number of ether oxygens (including phenoxy) is 1. The molecule has 1 N–H and O–H groups in total. The van der Waals surface area contributed by atoms with E-state index in [1.165, 1.54) is 24.0 Å². The van der Waals surface area contributed by atoms with Crippen LogP contribution in [0.2, 0.25) is 0 Å². The van der Waals surface area contributed by atoms with Crippen LogP contribution in [0.4, 0.5) is 0 Å². The van der Waals surface area contributed by atoms with Gasteiger partial charge in [0.2, 0.25) is 0 Å². The Morgan fingerprint density at radius 3 is 2.94 bits per heavy atom. The molecule has 0 saturated heterocycles. The van der Waals surface area contributed by atoms with E-state index in [0.29, 0.717) is 6.04 Å². The predicted molar refractivity (Wildman–Crippen MR) is 75.2 cm³/mol. The predicted octanol–water partition coefficient (Wildman–Crippen LogP) is 2.22. The summed E-state index contributed by atoms with van der Waals surface area (Å²) in [5, 5.41) is 3.22. The summed E-state index contributed by atoms with van der Waals surface area (Å²) >= 11 is 0. The second-order valence-electron chi connectivity index (χ2n) is 5.19. The van der Waals surface area contributed by atoms with Crippen LogP contribution in [0.5, 0.6) is 5.75 Å². The fraction of sp³-hybridized carbons (Fsp3) is 0.600. The van der Waals surface area contributed by atoms with Crippen molar-refractivity contribution in [3.05, 3.63) is 29.3 Å². The maximum Gasteiger partial charge on any atom is 0.122 e. The van der Waals surface area contributed by atoms with Crippen LogP contribution in [0.25, 0.3) is 0 Å². The Morgan fingerprint density at radius 2 is 2.22 bits per heavy atom. The van der Waals surface area contributed by atoms with Gasteiger partial charge >= 0.3 is 0 Å². The molecule has 0 amide bonds. The SMILES string of the molecule is CNCCCC(c1ccc2c(c1)CCO2)N(C)C. The molecule has 0 aliphatic carbocycles. The number of hydrogen-bond acceptors (Lipinski definition) is 3. The molecule has 0 fully saturated rings. The van der Waals surface area contributed by atoms with E-state index < -0.39 is 0 Å². The van der Waals surface area contributed by atoms with E-state index in [4.69, 9.17) is 4.74 Å². The van der Waals surface area contributed by atoms with Crippen LogP contribution in [0, 0.1) is 0 Å². The first-order valence-corrected chi connectivity index (χ1v) is 6.79. The molecule has 0 saturated carbocycles. The van der Waals surface area contributed by atoms with Crippen LogP contribution in [0.3, 0.4) is 0 Å². The second kappa shape index (κ2) is 6.21. The van der Waals surface area contributed by atoms with E-state index >= 15 is 0 Å². The minimum Gasteiger partial charge on any atom is -0.493 e. The first-order chi connectivity index (χ1) is 8.72. The van der Waals surface area contributed by atoms with E-state index in [0.717, 1.165) is 25.3 Å². The molecule has 1 atom stereocenters. The van der Waals surface area contributed by atoms with Crippen molar-refractivity contribution in [3.63, 3.8) is 0 Å². The molecule has 1 aromatic rings. The van der Waals surface area contributed by atoms with E-state index in [-0.39, 0.29) is 0 Å². The maximum atomic E-state index is 5.57. The van der Waals surface area contributed by atoms with Crippen molar-refractivity contribution in [1.82, 2.24) is 10.2 Å². The fourth-order valence-corrected chi connectivity index (χ4v) is 2.61. The Labute approximate surface area is 110 Å². The summed E-state index contributed by atoms with van der Waals surface area (Å²) in [6.45, 7) is 1.92. The standard InChI is InChI=1S/C15H24N2O/c1-16-9-4-5-14(17(2)3)12-6-7-15-13(11-12)8-10-18-15/h6-7,11,14,16H,4-5,8-10H2,1-3H3. The topological polar surface area (TPSA) is 24.5 Å². The van der Waals surface area contributed by atoms with Crippen LogP contribution >= 0.6 is 0 Å². The van der Waals surface area contributed by atoms with E-state index in [1.807, 2.05) is 7.05 Å². The summed E-state index contributed by atoms with van der Waals surface area (Å²) in [6.07, 6.45) is 3.44. The van der Waals surface area contributed by atoms with Gasteiger partial charge in [0.15, 0.2) is 0 Å². The molecule has 1 heterocycles. The molecule has 3 heteroatoms. The van der Waals surface area contributed by atoms with Gasteiger partial charge in [0.1, 0.15) is 5.75 Å². The molecular formula is C15H24N2O. The van der Waals surface area contributed by atoms with Crippen molar-refractivity contribution in [3.8, 4) is 5.75 Å². The van der Waals surface area contributed by atoms with Crippen LogP contribution < -0.4 is 10.1 Å². The van der Waals surface area contributed by atoms with Crippen LogP contribution in [-0.2, 0) is 6.42 Å². The minimum atomic E-state index is 0.504. The monoisotopic (exact) mass is 248 g/mol. The molecule has 1 aromatic carbocycles. The summed E-state index contributed by atoms with van der Waals surface area (Å²) in [5.41, 5.74) is 2.79. The highest BCUT2D eigenvalue weighted by Gasteiger charge is 2.18. The van der Waals surface area contributed by atoms with Crippen LogP contribution in [-0.4, -0.2) is 39.2 Å². The zero-order chi connectivity index (χ0) is 13.0. The van der Waals surface area contributed by atoms with Crippen molar-refractivity contribution >= 4 is 0 Å². The lowest BCUT2D eigenvalue weighted by molar-refractivity contribution is 0.278. The Morgan fingerprint density at radius 1 is 1.39 bits per heavy atom. The first-order valence-electron chi connectivity index (χ1n) is 6.79. The van der Waals surface area contributed by atoms with Gasteiger partial charge in [-0.15, -0.1) is 0 Å². The first kappa shape index (κ1) is 13.4. The smallest absolute Gasteiger partial charge is 0.122 e. The number of rotatable bonds is 6. The molecule has 1 unspecified atom stereocenters. The summed E-state index contributed by atoms with van der Waals surface area (Å²) in [6, 6.07) is 7.18. The highest BCUT2D eigenvalue weighted by molar-refractivity contribution is 5.40. The highest BCUT2D eigenvalue weighted by atomic mass is 16.5. The summed E-state index contributed by atoms with van der Waals surface area (Å²) in [5.74, 6) is 1.08. The van der Waals surface area contributed by atoms with Gasteiger partial charge in [0, 0.05) is 12.5 Å². The number of nitrogens with one attached hydrogen (secondary N) is 1. The Hall–Kier alpha value is -1.06. The zero-order valence-electron chi connectivity index (χ0n) is 11.7. The molecule has 18 heavy (non-hydrogen) atoms. The lowest BCUT2D eigenvalue weighted by Gasteiger charge is -2.25. The third kappa shape index (κ3) is 3.03. The molecular weight excluding hydrogens is 224 g/mol. The average Bonchev–Trinajstić information content (AvgIpc) is 2.81. The Bertz CT molecular complexity index is 390. The summed E-state index contributed by atoms with van der Waals surface area (Å²) in [7, 11) is 6.33. The van der Waals surface area contributed by atoms with Crippen LogP contribution in [0.15, 0.2) is 18.2 Å². The van der Waals surface area contributed by atoms with Crippen molar-refractivity contribution in [2.75, 3.05) is 34.3 Å². The van der Waals surface area contributed by atoms with Gasteiger partial charge in [0.25, 0.3) is 0 Å². The third-order valence-electron chi connectivity index (χ3n) is 3.63. The molecule has 100 valence electrons. The molecule has 0 aromatic heterocycles. The summed E-state index contributed by atoms with van der Waals surface area (Å²) < 4.78 is 5.57. The maximum absolute atomic E-state index is 5.57. The van der Waals surface area contributed by atoms with E-state index in [9.17, 15) is 0 Å². The normalized spacial score (nSPS) is 15.6. The molecule has 0 radical (unpaired) electrons. The fourth-order valence-electron chi connectivity index (χ4n) is 2.61. The van der Waals surface area contributed by atoms with Crippen molar-refractivity contribution < 1.29 is 4.74 Å². The minimum absolute atomic E-state index is 0.504. The van der Waals surface area contributed by atoms with E-state index in [1.54, 1.807) is 0 Å². The second-order valence-corrected chi connectivity index (χ2v) is 5.19. The van der Waals surface area contributed by atoms with Gasteiger partial charge in [0.05, 0.1) is 6.61 Å². The molecule has 0 bridgehead atoms. The Kier molecular flexibility index (Phi) is 4.61. The van der Waals surface area contributed by atoms with E-state index in [2.05, 4.69) is 42.5 Å². The molecule has 2 rings (SSSR count). The number of hydrogen-bond donors (Lipinski definition) is 1. The van der Waals surface area contributed by atoms with Crippen molar-refractivity contribution in [1.29, 1.82) is 0 Å².